The second kappa shape index (κ2) is 5.70. The van der Waals surface area contributed by atoms with Crippen LogP contribution in [-0.4, -0.2) is 25.1 Å². The third-order valence-electron chi connectivity index (χ3n) is 4.47. The quantitative estimate of drug-likeness (QED) is 0.867. The van der Waals surface area contributed by atoms with Crippen molar-refractivity contribution in [3.63, 3.8) is 0 Å². The van der Waals surface area contributed by atoms with Gasteiger partial charge < -0.3 is 10.2 Å². The summed E-state index contributed by atoms with van der Waals surface area (Å²) in [7, 11) is 1.99. The van der Waals surface area contributed by atoms with Gasteiger partial charge in [-0.05, 0) is 37.8 Å². The van der Waals surface area contributed by atoms with Crippen LogP contribution in [-0.2, 0) is 6.54 Å². The van der Waals surface area contributed by atoms with Crippen LogP contribution in [0.15, 0.2) is 18.3 Å². The minimum atomic E-state index is 0.508. The molecule has 0 atom stereocenters. The first kappa shape index (κ1) is 13.3. The molecule has 0 spiro atoms. The number of aromatic nitrogens is 1. The zero-order valence-corrected chi connectivity index (χ0v) is 11.9. The Morgan fingerprint density at radius 2 is 2.17 bits per heavy atom. The average molecular weight is 247 g/mol. The van der Waals surface area contributed by atoms with Crippen LogP contribution in [0, 0.1) is 5.41 Å². The molecule has 1 aliphatic rings. The molecule has 1 aromatic heterocycles. The van der Waals surface area contributed by atoms with Crippen molar-refractivity contribution in [1.82, 2.24) is 10.3 Å². The van der Waals surface area contributed by atoms with E-state index in [2.05, 4.69) is 35.1 Å². The summed E-state index contributed by atoms with van der Waals surface area (Å²) in [6.45, 7) is 7.84. The summed E-state index contributed by atoms with van der Waals surface area (Å²) in [4.78, 5) is 7.07. The average Bonchev–Trinajstić information content (AvgIpc) is 2.85. The molecule has 1 aliphatic heterocycles. The Labute approximate surface area is 111 Å². The van der Waals surface area contributed by atoms with E-state index in [4.69, 9.17) is 0 Å². The van der Waals surface area contributed by atoms with E-state index in [1.54, 1.807) is 0 Å². The molecule has 18 heavy (non-hydrogen) atoms. The van der Waals surface area contributed by atoms with Crippen LogP contribution in [0.3, 0.4) is 0 Å². The molecule has 1 N–H and O–H groups in total. The van der Waals surface area contributed by atoms with Gasteiger partial charge in [0.1, 0.15) is 5.82 Å². The maximum atomic E-state index is 4.60. The summed E-state index contributed by atoms with van der Waals surface area (Å²) in [5.74, 6) is 1.18. The topological polar surface area (TPSA) is 28.2 Å². The predicted octanol–water partition coefficient (Wildman–Crippen LogP) is 2.82. The van der Waals surface area contributed by atoms with Crippen LogP contribution >= 0.6 is 0 Å². The molecule has 0 radical (unpaired) electrons. The van der Waals surface area contributed by atoms with E-state index < -0.39 is 0 Å². The fraction of sp³-hybridized carbons (Fsp3) is 0.667. The molecule has 1 aromatic rings. The summed E-state index contributed by atoms with van der Waals surface area (Å²) in [6.07, 6.45) is 5.75. The monoisotopic (exact) mass is 247 g/mol. The van der Waals surface area contributed by atoms with Gasteiger partial charge in [-0.15, -0.1) is 0 Å². The summed E-state index contributed by atoms with van der Waals surface area (Å²) in [5.41, 5.74) is 1.82. The summed E-state index contributed by atoms with van der Waals surface area (Å²) in [5, 5.41) is 3.23. The van der Waals surface area contributed by atoms with E-state index in [1.807, 2.05) is 19.3 Å². The van der Waals surface area contributed by atoms with Gasteiger partial charge in [0.15, 0.2) is 0 Å². The number of hydrogen-bond donors (Lipinski definition) is 1. The third-order valence-corrected chi connectivity index (χ3v) is 4.47. The molecule has 0 unspecified atom stereocenters. The molecule has 0 bridgehead atoms. The highest BCUT2D eigenvalue weighted by Crippen LogP contribution is 2.39. The molecule has 2 rings (SSSR count). The van der Waals surface area contributed by atoms with E-state index in [0.29, 0.717) is 5.41 Å². The van der Waals surface area contributed by atoms with Crippen LogP contribution in [0.1, 0.15) is 38.7 Å². The zero-order valence-electron chi connectivity index (χ0n) is 11.9. The van der Waals surface area contributed by atoms with Crippen molar-refractivity contribution in [2.24, 2.45) is 5.41 Å². The van der Waals surface area contributed by atoms with Crippen molar-refractivity contribution in [3.8, 4) is 0 Å². The SMILES string of the molecule is CCC1(CC)CCN(c2ncccc2CNC)C1. The van der Waals surface area contributed by atoms with Gasteiger partial charge in [-0.1, -0.05) is 19.9 Å². The molecule has 0 amide bonds. The first-order valence-corrected chi connectivity index (χ1v) is 7.08. The van der Waals surface area contributed by atoms with Crippen molar-refractivity contribution in [3.05, 3.63) is 23.9 Å². The fourth-order valence-electron chi connectivity index (χ4n) is 2.99. The summed E-state index contributed by atoms with van der Waals surface area (Å²) in [6, 6.07) is 4.20. The molecule has 100 valence electrons. The molecular formula is C15H25N3. The Kier molecular flexibility index (Phi) is 4.23. The Morgan fingerprint density at radius 3 is 2.78 bits per heavy atom. The van der Waals surface area contributed by atoms with E-state index in [-0.39, 0.29) is 0 Å². The highest BCUT2D eigenvalue weighted by Gasteiger charge is 2.35. The largest absolute Gasteiger partial charge is 0.356 e. The maximum absolute atomic E-state index is 4.60. The smallest absolute Gasteiger partial charge is 0.133 e. The van der Waals surface area contributed by atoms with Gasteiger partial charge in [0, 0.05) is 31.4 Å². The molecule has 1 fully saturated rings. The van der Waals surface area contributed by atoms with Crippen LogP contribution < -0.4 is 10.2 Å². The highest BCUT2D eigenvalue weighted by molar-refractivity contribution is 5.48. The van der Waals surface area contributed by atoms with E-state index in [9.17, 15) is 0 Å². The van der Waals surface area contributed by atoms with Crippen molar-refractivity contribution >= 4 is 5.82 Å². The van der Waals surface area contributed by atoms with E-state index in [1.165, 1.54) is 30.6 Å². The standard InChI is InChI=1S/C15H25N3/c1-4-15(5-2)8-10-18(12-15)14-13(11-16-3)7-6-9-17-14/h6-7,9,16H,4-5,8,10-12H2,1-3H3. The lowest BCUT2D eigenvalue weighted by Gasteiger charge is -2.27. The number of pyridine rings is 1. The lowest BCUT2D eigenvalue weighted by Crippen LogP contribution is -2.28. The number of nitrogens with zero attached hydrogens (tertiary/aromatic N) is 2. The van der Waals surface area contributed by atoms with Crippen molar-refractivity contribution in [2.75, 3.05) is 25.0 Å². The lowest BCUT2D eigenvalue weighted by molar-refractivity contribution is 0.301. The van der Waals surface area contributed by atoms with Gasteiger partial charge in [-0.2, -0.15) is 0 Å². The molecule has 0 saturated carbocycles. The first-order valence-electron chi connectivity index (χ1n) is 7.08. The molecule has 1 saturated heterocycles. The molecule has 3 nitrogen and oxygen atoms in total. The van der Waals surface area contributed by atoms with E-state index >= 15 is 0 Å². The van der Waals surface area contributed by atoms with Gasteiger partial charge in [0.05, 0.1) is 0 Å². The van der Waals surface area contributed by atoms with Crippen molar-refractivity contribution in [1.29, 1.82) is 0 Å². The van der Waals surface area contributed by atoms with Crippen molar-refractivity contribution < 1.29 is 0 Å². The van der Waals surface area contributed by atoms with Crippen LogP contribution in [0.2, 0.25) is 0 Å². The van der Waals surface area contributed by atoms with Gasteiger partial charge in [-0.3, -0.25) is 0 Å². The van der Waals surface area contributed by atoms with Gasteiger partial charge in [0.25, 0.3) is 0 Å². The molecule has 3 heteroatoms. The lowest BCUT2D eigenvalue weighted by atomic mass is 9.82. The highest BCUT2D eigenvalue weighted by atomic mass is 15.2. The third kappa shape index (κ3) is 2.51. The zero-order chi connectivity index (χ0) is 13.0. The molecule has 2 heterocycles. The Hall–Kier alpha value is -1.09. The predicted molar refractivity (Wildman–Crippen MR) is 76.8 cm³/mol. The number of anilines is 1. The second-order valence-corrected chi connectivity index (χ2v) is 5.40. The summed E-state index contributed by atoms with van der Waals surface area (Å²) < 4.78 is 0. The Morgan fingerprint density at radius 1 is 1.39 bits per heavy atom. The normalized spacial score (nSPS) is 18.3. The van der Waals surface area contributed by atoms with E-state index in [0.717, 1.165) is 19.6 Å². The Bertz CT molecular complexity index is 385. The maximum Gasteiger partial charge on any atom is 0.133 e. The molecule has 0 aromatic carbocycles. The van der Waals surface area contributed by atoms with Crippen LogP contribution in [0.25, 0.3) is 0 Å². The second-order valence-electron chi connectivity index (χ2n) is 5.40. The van der Waals surface area contributed by atoms with Gasteiger partial charge in [0.2, 0.25) is 0 Å². The Balaban J connectivity index is 2.18. The minimum absolute atomic E-state index is 0.508. The van der Waals surface area contributed by atoms with Crippen molar-refractivity contribution in [2.45, 2.75) is 39.7 Å². The molecule has 0 aliphatic carbocycles. The fourth-order valence-corrected chi connectivity index (χ4v) is 2.99. The number of hydrogen-bond acceptors (Lipinski definition) is 3. The number of nitrogens with one attached hydrogen (secondary N) is 1. The minimum Gasteiger partial charge on any atom is -0.356 e. The van der Waals surface area contributed by atoms with Crippen LogP contribution in [0.4, 0.5) is 5.82 Å². The van der Waals surface area contributed by atoms with Crippen LogP contribution in [0.5, 0.6) is 0 Å². The van der Waals surface area contributed by atoms with Gasteiger partial charge >= 0.3 is 0 Å². The number of rotatable bonds is 5. The van der Waals surface area contributed by atoms with Gasteiger partial charge in [-0.25, -0.2) is 4.98 Å². The molecular weight excluding hydrogens is 222 g/mol. The summed E-state index contributed by atoms with van der Waals surface area (Å²) >= 11 is 0. The first-order chi connectivity index (χ1) is 8.74.